The summed E-state index contributed by atoms with van der Waals surface area (Å²) in [5, 5.41) is 9.93. The van der Waals surface area contributed by atoms with Crippen LogP contribution in [0.25, 0.3) is 0 Å². The Balaban J connectivity index is 2.25. The van der Waals surface area contributed by atoms with Crippen molar-refractivity contribution in [3.63, 3.8) is 0 Å². The van der Waals surface area contributed by atoms with Gasteiger partial charge in [0.25, 0.3) is 0 Å². The lowest BCUT2D eigenvalue weighted by Gasteiger charge is -2.29. The van der Waals surface area contributed by atoms with Crippen LogP contribution in [0.15, 0.2) is 18.2 Å². The van der Waals surface area contributed by atoms with E-state index in [1.165, 1.54) is 0 Å². The average molecular weight is 237 g/mol. The molecule has 1 aromatic carbocycles. The van der Waals surface area contributed by atoms with Gasteiger partial charge in [0.15, 0.2) is 0 Å². The highest BCUT2D eigenvalue weighted by Crippen LogP contribution is 2.38. The monoisotopic (exact) mass is 237 g/mol. The Morgan fingerprint density at radius 2 is 2.12 bits per heavy atom. The van der Waals surface area contributed by atoms with Gasteiger partial charge in [-0.3, -0.25) is 0 Å². The van der Waals surface area contributed by atoms with Gasteiger partial charge < -0.3 is 20.3 Å². The standard InChI is InChI=1S/C13H19NO3/c1-16-11-4-2-3-10(15)12(11)13(14)9-5-7-17-8-6-9/h2-4,9,13,15H,5-8,14H2,1H3/t13-/m0/s1. The molecule has 4 heteroatoms. The quantitative estimate of drug-likeness (QED) is 0.841. The maximum atomic E-state index is 9.93. The van der Waals surface area contributed by atoms with Crippen LogP contribution < -0.4 is 10.5 Å². The molecule has 0 radical (unpaired) electrons. The number of hydrogen-bond donors (Lipinski definition) is 2. The Hall–Kier alpha value is -1.26. The lowest BCUT2D eigenvalue weighted by Crippen LogP contribution is -2.27. The zero-order valence-corrected chi connectivity index (χ0v) is 10.1. The van der Waals surface area contributed by atoms with Crippen molar-refractivity contribution < 1.29 is 14.6 Å². The molecule has 17 heavy (non-hydrogen) atoms. The minimum Gasteiger partial charge on any atom is -0.507 e. The largest absolute Gasteiger partial charge is 0.507 e. The Morgan fingerprint density at radius 3 is 2.76 bits per heavy atom. The normalized spacial score (nSPS) is 18.9. The van der Waals surface area contributed by atoms with Gasteiger partial charge in [0.1, 0.15) is 11.5 Å². The van der Waals surface area contributed by atoms with Gasteiger partial charge in [-0.1, -0.05) is 6.07 Å². The lowest BCUT2D eigenvalue weighted by atomic mass is 9.87. The summed E-state index contributed by atoms with van der Waals surface area (Å²) in [7, 11) is 1.59. The maximum Gasteiger partial charge on any atom is 0.127 e. The van der Waals surface area contributed by atoms with E-state index in [2.05, 4.69) is 0 Å². The van der Waals surface area contributed by atoms with Gasteiger partial charge in [-0.15, -0.1) is 0 Å². The van der Waals surface area contributed by atoms with E-state index < -0.39 is 0 Å². The number of rotatable bonds is 3. The molecule has 1 aliphatic heterocycles. The van der Waals surface area contributed by atoms with Crippen LogP contribution >= 0.6 is 0 Å². The number of ether oxygens (including phenoxy) is 2. The van der Waals surface area contributed by atoms with Crippen molar-refractivity contribution in [3.05, 3.63) is 23.8 Å². The van der Waals surface area contributed by atoms with Gasteiger partial charge in [0.05, 0.1) is 12.7 Å². The van der Waals surface area contributed by atoms with Gasteiger partial charge in [-0.25, -0.2) is 0 Å². The third-order valence-electron chi connectivity index (χ3n) is 3.37. The maximum absolute atomic E-state index is 9.93. The molecule has 2 rings (SSSR count). The highest BCUT2D eigenvalue weighted by molar-refractivity contribution is 5.46. The highest BCUT2D eigenvalue weighted by atomic mass is 16.5. The number of phenolic OH excluding ortho intramolecular Hbond substituents is 1. The molecule has 0 unspecified atom stereocenters. The first-order chi connectivity index (χ1) is 8.24. The summed E-state index contributed by atoms with van der Waals surface area (Å²) >= 11 is 0. The summed E-state index contributed by atoms with van der Waals surface area (Å²) in [6.45, 7) is 1.49. The molecule has 1 atom stereocenters. The van der Waals surface area contributed by atoms with E-state index in [4.69, 9.17) is 15.2 Å². The summed E-state index contributed by atoms with van der Waals surface area (Å²) in [6.07, 6.45) is 1.86. The smallest absolute Gasteiger partial charge is 0.127 e. The summed E-state index contributed by atoms with van der Waals surface area (Å²) in [5.41, 5.74) is 6.96. The van der Waals surface area contributed by atoms with E-state index in [0.717, 1.165) is 26.1 Å². The SMILES string of the molecule is COc1cccc(O)c1[C@@H](N)C1CCOCC1. The predicted molar refractivity (Wildman–Crippen MR) is 65.1 cm³/mol. The van der Waals surface area contributed by atoms with E-state index in [1.54, 1.807) is 19.2 Å². The molecule has 0 aromatic heterocycles. The number of nitrogens with two attached hydrogens (primary N) is 1. The van der Waals surface area contributed by atoms with Gasteiger partial charge in [-0.05, 0) is 30.9 Å². The van der Waals surface area contributed by atoms with Crippen LogP contribution in [-0.2, 0) is 4.74 Å². The number of aromatic hydroxyl groups is 1. The molecular formula is C13H19NO3. The molecule has 1 saturated heterocycles. The van der Waals surface area contributed by atoms with Gasteiger partial charge in [-0.2, -0.15) is 0 Å². The minimum absolute atomic E-state index is 0.199. The lowest BCUT2D eigenvalue weighted by molar-refractivity contribution is 0.0578. The molecule has 94 valence electrons. The molecule has 1 aliphatic rings. The van der Waals surface area contributed by atoms with E-state index in [0.29, 0.717) is 17.2 Å². The number of benzene rings is 1. The molecular weight excluding hydrogens is 218 g/mol. The average Bonchev–Trinajstić information content (AvgIpc) is 2.38. The Morgan fingerprint density at radius 1 is 1.41 bits per heavy atom. The fourth-order valence-electron chi connectivity index (χ4n) is 2.36. The molecule has 0 saturated carbocycles. The van der Waals surface area contributed by atoms with Crippen molar-refractivity contribution in [2.45, 2.75) is 18.9 Å². The molecule has 0 aliphatic carbocycles. The second-order valence-electron chi connectivity index (χ2n) is 4.37. The van der Waals surface area contributed by atoms with Gasteiger partial charge in [0.2, 0.25) is 0 Å². The Labute approximate surface area is 101 Å². The molecule has 1 aromatic rings. The van der Waals surface area contributed by atoms with Gasteiger partial charge in [0, 0.05) is 19.3 Å². The molecule has 4 nitrogen and oxygen atoms in total. The van der Waals surface area contributed by atoms with E-state index in [-0.39, 0.29) is 11.8 Å². The second kappa shape index (κ2) is 5.38. The molecule has 0 amide bonds. The number of methoxy groups -OCH3 is 1. The molecule has 1 fully saturated rings. The van der Waals surface area contributed by atoms with Crippen molar-refractivity contribution in [2.24, 2.45) is 11.7 Å². The first-order valence-electron chi connectivity index (χ1n) is 5.93. The molecule has 3 N–H and O–H groups in total. The Bertz CT molecular complexity index is 375. The van der Waals surface area contributed by atoms with Crippen LogP contribution in [0.1, 0.15) is 24.4 Å². The van der Waals surface area contributed by atoms with Crippen LogP contribution in [0.5, 0.6) is 11.5 Å². The summed E-state index contributed by atoms with van der Waals surface area (Å²) in [5.74, 6) is 1.21. The van der Waals surface area contributed by atoms with Crippen molar-refractivity contribution in [3.8, 4) is 11.5 Å². The predicted octanol–water partition coefficient (Wildman–Crippen LogP) is 1.83. The third kappa shape index (κ3) is 2.53. The van der Waals surface area contributed by atoms with Crippen LogP contribution in [0.3, 0.4) is 0 Å². The van der Waals surface area contributed by atoms with Crippen molar-refractivity contribution in [1.82, 2.24) is 0 Å². The van der Waals surface area contributed by atoms with Crippen molar-refractivity contribution in [2.75, 3.05) is 20.3 Å². The molecule has 0 bridgehead atoms. The number of hydrogen-bond acceptors (Lipinski definition) is 4. The van der Waals surface area contributed by atoms with Gasteiger partial charge >= 0.3 is 0 Å². The highest BCUT2D eigenvalue weighted by Gasteiger charge is 2.26. The fraction of sp³-hybridized carbons (Fsp3) is 0.538. The summed E-state index contributed by atoms with van der Waals surface area (Å²) < 4.78 is 10.6. The van der Waals surface area contributed by atoms with E-state index >= 15 is 0 Å². The summed E-state index contributed by atoms with van der Waals surface area (Å²) in [6, 6.07) is 5.04. The fourth-order valence-corrected chi connectivity index (χ4v) is 2.36. The minimum atomic E-state index is -0.199. The Kier molecular flexibility index (Phi) is 3.86. The van der Waals surface area contributed by atoms with Crippen LogP contribution in [-0.4, -0.2) is 25.4 Å². The van der Waals surface area contributed by atoms with Crippen LogP contribution in [0.2, 0.25) is 0 Å². The summed E-state index contributed by atoms with van der Waals surface area (Å²) in [4.78, 5) is 0. The first kappa shape index (κ1) is 12.2. The first-order valence-corrected chi connectivity index (χ1v) is 5.93. The van der Waals surface area contributed by atoms with Crippen molar-refractivity contribution >= 4 is 0 Å². The zero-order valence-electron chi connectivity index (χ0n) is 10.1. The molecule has 0 spiro atoms. The molecule has 1 heterocycles. The number of phenols is 1. The van der Waals surface area contributed by atoms with E-state index in [9.17, 15) is 5.11 Å². The van der Waals surface area contributed by atoms with E-state index in [1.807, 2.05) is 6.07 Å². The van der Waals surface area contributed by atoms with Crippen molar-refractivity contribution in [1.29, 1.82) is 0 Å². The third-order valence-corrected chi connectivity index (χ3v) is 3.37. The topological polar surface area (TPSA) is 64.7 Å². The zero-order chi connectivity index (χ0) is 12.3. The second-order valence-corrected chi connectivity index (χ2v) is 4.37. The van der Waals surface area contributed by atoms with Crippen LogP contribution in [0.4, 0.5) is 0 Å². The van der Waals surface area contributed by atoms with Crippen LogP contribution in [0, 0.1) is 5.92 Å².